The molecule has 0 aromatic rings. The molecule has 0 aromatic carbocycles. The monoisotopic (exact) mass is 449 g/mol. The molecule has 4 aliphatic rings. The van der Waals surface area contributed by atoms with E-state index < -0.39 is 0 Å². The summed E-state index contributed by atoms with van der Waals surface area (Å²) in [5.74, 6) is 3.55. The van der Waals surface area contributed by atoms with Gasteiger partial charge in [0.25, 0.3) is 0 Å². The molecule has 0 spiro atoms. The van der Waals surface area contributed by atoms with Crippen molar-refractivity contribution in [2.45, 2.75) is 97.1 Å². The summed E-state index contributed by atoms with van der Waals surface area (Å²) in [6, 6.07) is 0.544. The van der Waals surface area contributed by atoms with E-state index in [9.17, 15) is 15.0 Å². The third kappa shape index (κ3) is 4.05. The number of hydrogen-bond donors (Lipinski definition) is 3. The van der Waals surface area contributed by atoms with Crippen LogP contribution in [0.25, 0.3) is 0 Å². The van der Waals surface area contributed by atoms with Crippen LogP contribution in [0, 0.1) is 46.3 Å². The predicted molar refractivity (Wildman–Crippen MR) is 126 cm³/mol. The zero-order chi connectivity index (χ0) is 23.1. The van der Waals surface area contributed by atoms with Gasteiger partial charge in [-0.15, -0.1) is 0 Å². The molecule has 0 bridgehead atoms. The van der Waals surface area contributed by atoms with Gasteiger partial charge in [0.05, 0.1) is 19.8 Å². The van der Waals surface area contributed by atoms with Crippen molar-refractivity contribution in [2.75, 3.05) is 20.3 Å². The summed E-state index contributed by atoms with van der Waals surface area (Å²) in [5, 5.41) is 24.4. The van der Waals surface area contributed by atoms with Crippen molar-refractivity contribution < 1.29 is 19.7 Å². The van der Waals surface area contributed by atoms with Gasteiger partial charge in [0, 0.05) is 19.0 Å². The fraction of sp³-hybridized carbons (Fsp3) is 0.963. The highest BCUT2D eigenvalue weighted by Crippen LogP contribution is 2.68. The predicted octanol–water partition coefficient (Wildman–Crippen LogP) is 4.16. The lowest BCUT2D eigenvalue weighted by Crippen LogP contribution is -2.59. The molecule has 5 heteroatoms. The second-order valence-corrected chi connectivity index (χ2v) is 12.2. The molecule has 9 unspecified atom stereocenters. The van der Waals surface area contributed by atoms with Crippen LogP contribution in [0.3, 0.4) is 0 Å². The minimum Gasteiger partial charge on any atom is -0.469 e. The van der Waals surface area contributed by atoms with Gasteiger partial charge in [0.15, 0.2) is 0 Å². The van der Waals surface area contributed by atoms with E-state index in [0.717, 1.165) is 24.7 Å². The Bertz CT molecular complexity index is 670. The highest BCUT2D eigenvalue weighted by atomic mass is 16.5. The first-order valence-corrected chi connectivity index (χ1v) is 13.3. The summed E-state index contributed by atoms with van der Waals surface area (Å²) in [6.07, 6.45) is 10.8. The summed E-state index contributed by atoms with van der Waals surface area (Å²) in [6.45, 7) is 8.13. The van der Waals surface area contributed by atoms with E-state index in [1.54, 1.807) is 0 Å². The Kier molecular flexibility index (Phi) is 7.30. The van der Waals surface area contributed by atoms with Gasteiger partial charge >= 0.3 is 5.97 Å². The zero-order valence-corrected chi connectivity index (χ0v) is 20.8. The van der Waals surface area contributed by atoms with Crippen molar-refractivity contribution in [3.8, 4) is 0 Å². The lowest BCUT2D eigenvalue weighted by atomic mass is 9.43. The molecule has 0 aromatic heterocycles. The van der Waals surface area contributed by atoms with Gasteiger partial charge in [-0.25, -0.2) is 0 Å². The third-order valence-electron chi connectivity index (χ3n) is 11.1. The van der Waals surface area contributed by atoms with E-state index in [1.165, 1.54) is 52.1 Å². The summed E-state index contributed by atoms with van der Waals surface area (Å²) in [7, 11) is 1.47. The van der Waals surface area contributed by atoms with Gasteiger partial charge in [-0.2, -0.15) is 0 Å². The minimum atomic E-state index is -0.234. The molecule has 0 radical (unpaired) electrons. The normalized spacial score (nSPS) is 46.6. The van der Waals surface area contributed by atoms with Crippen molar-refractivity contribution in [3.63, 3.8) is 0 Å². The molecule has 0 aliphatic heterocycles. The molecule has 5 nitrogen and oxygen atoms in total. The van der Waals surface area contributed by atoms with E-state index >= 15 is 0 Å². The molecular formula is C27H47NO4. The van der Waals surface area contributed by atoms with Gasteiger partial charge < -0.3 is 20.3 Å². The third-order valence-corrected chi connectivity index (χ3v) is 11.1. The van der Waals surface area contributed by atoms with E-state index in [4.69, 9.17) is 4.74 Å². The molecule has 0 amide bonds. The smallest absolute Gasteiger partial charge is 0.305 e. The number of aliphatic hydroxyl groups is 2. The van der Waals surface area contributed by atoms with Crippen molar-refractivity contribution in [1.29, 1.82) is 0 Å². The number of fused-ring (bicyclic) bond motifs is 5. The van der Waals surface area contributed by atoms with Crippen LogP contribution in [0.15, 0.2) is 0 Å². The summed E-state index contributed by atoms with van der Waals surface area (Å²) in [5.41, 5.74) is 0.330. The SMILES string of the molecule is COC(=O)CCC(C)C1CCC2C3CCC4C[C@H](NCCO)CCC4(C)C3CC(O)C12C. The number of nitrogens with one attached hydrogen (secondary N) is 1. The average molecular weight is 450 g/mol. The van der Waals surface area contributed by atoms with Crippen molar-refractivity contribution >= 4 is 5.97 Å². The number of ether oxygens (including phenoxy) is 1. The maximum absolute atomic E-state index is 11.7. The van der Waals surface area contributed by atoms with Crippen molar-refractivity contribution in [1.82, 2.24) is 5.32 Å². The number of hydrogen-bond acceptors (Lipinski definition) is 5. The first kappa shape index (κ1) is 24.5. The van der Waals surface area contributed by atoms with Crippen LogP contribution in [0.5, 0.6) is 0 Å². The molecule has 4 rings (SSSR count). The minimum absolute atomic E-state index is 0.0141. The highest BCUT2D eigenvalue weighted by Gasteiger charge is 2.63. The van der Waals surface area contributed by atoms with Crippen molar-refractivity contribution in [2.24, 2.45) is 46.3 Å². The van der Waals surface area contributed by atoms with E-state index in [-0.39, 0.29) is 24.1 Å². The Hall–Kier alpha value is -0.650. The first-order valence-electron chi connectivity index (χ1n) is 13.3. The Labute approximate surface area is 195 Å². The van der Waals surface area contributed by atoms with Crippen LogP contribution in [0.2, 0.25) is 0 Å². The number of carbonyl (C=O) groups excluding carboxylic acids is 1. The molecule has 4 aliphatic carbocycles. The average Bonchev–Trinajstić information content (AvgIpc) is 3.15. The van der Waals surface area contributed by atoms with Gasteiger partial charge in [-0.1, -0.05) is 20.8 Å². The van der Waals surface area contributed by atoms with Gasteiger partial charge in [-0.05, 0) is 104 Å². The number of esters is 1. The summed E-state index contributed by atoms with van der Waals surface area (Å²) < 4.78 is 4.87. The number of aliphatic hydroxyl groups excluding tert-OH is 2. The molecule has 4 saturated carbocycles. The van der Waals surface area contributed by atoms with Crippen LogP contribution >= 0.6 is 0 Å². The molecule has 184 valence electrons. The standard InChI is InChI=1S/C27H47NO4/c1-17(5-10-25(31)32-4)21-8-9-22-20-7-6-18-15-19(28-13-14-29)11-12-26(18,2)23(20)16-24(30)27(21,22)3/h17-24,28-30H,5-16H2,1-4H3/t17?,18?,19-,20?,21?,22?,23?,24?,26?,27?/m1/s1. The van der Waals surface area contributed by atoms with E-state index in [2.05, 4.69) is 26.1 Å². The zero-order valence-electron chi connectivity index (χ0n) is 20.8. The van der Waals surface area contributed by atoms with Gasteiger partial charge in [0.2, 0.25) is 0 Å². The summed E-state index contributed by atoms with van der Waals surface area (Å²) >= 11 is 0. The van der Waals surface area contributed by atoms with Crippen LogP contribution in [0.1, 0.15) is 85.0 Å². The fourth-order valence-corrected chi connectivity index (χ4v) is 9.29. The largest absolute Gasteiger partial charge is 0.469 e. The Morgan fingerprint density at radius 3 is 2.62 bits per heavy atom. The Morgan fingerprint density at radius 2 is 1.91 bits per heavy atom. The first-order chi connectivity index (χ1) is 15.3. The van der Waals surface area contributed by atoms with E-state index in [1.807, 2.05) is 0 Å². The fourth-order valence-electron chi connectivity index (χ4n) is 9.29. The second-order valence-electron chi connectivity index (χ2n) is 12.2. The second kappa shape index (κ2) is 9.54. The Balaban J connectivity index is 1.48. The van der Waals surface area contributed by atoms with Crippen molar-refractivity contribution in [3.05, 3.63) is 0 Å². The molecule has 32 heavy (non-hydrogen) atoms. The van der Waals surface area contributed by atoms with Crippen LogP contribution in [-0.2, 0) is 9.53 Å². The number of carbonyl (C=O) groups is 1. The molecule has 10 atom stereocenters. The van der Waals surface area contributed by atoms with Crippen LogP contribution in [0.4, 0.5) is 0 Å². The van der Waals surface area contributed by atoms with Gasteiger partial charge in [-0.3, -0.25) is 4.79 Å². The maximum atomic E-state index is 11.7. The van der Waals surface area contributed by atoms with Crippen LogP contribution < -0.4 is 5.32 Å². The Morgan fingerprint density at radius 1 is 1.12 bits per heavy atom. The topological polar surface area (TPSA) is 78.8 Å². The van der Waals surface area contributed by atoms with E-state index in [0.29, 0.717) is 48.1 Å². The summed E-state index contributed by atoms with van der Waals surface area (Å²) in [4.78, 5) is 11.7. The molecule has 0 saturated heterocycles. The molecule has 0 heterocycles. The molecule has 4 fully saturated rings. The molecular weight excluding hydrogens is 402 g/mol. The lowest BCUT2D eigenvalue weighted by molar-refractivity contribution is -0.170. The maximum Gasteiger partial charge on any atom is 0.305 e. The molecule has 3 N–H and O–H groups in total. The number of methoxy groups -OCH3 is 1. The highest BCUT2D eigenvalue weighted by molar-refractivity contribution is 5.69. The lowest BCUT2D eigenvalue weighted by Gasteiger charge is -2.62. The quantitative estimate of drug-likeness (QED) is 0.509. The number of rotatable bonds is 7. The van der Waals surface area contributed by atoms with Gasteiger partial charge in [0.1, 0.15) is 0 Å². The van der Waals surface area contributed by atoms with Crippen LogP contribution in [-0.4, -0.2) is 48.6 Å².